The van der Waals surface area contributed by atoms with Gasteiger partial charge in [0.15, 0.2) is 0 Å². The summed E-state index contributed by atoms with van der Waals surface area (Å²) >= 11 is 6.09. The Labute approximate surface area is 116 Å². The van der Waals surface area contributed by atoms with Crippen molar-refractivity contribution in [2.75, 3.05) is 19.5 Å². The molecule has 0 amide bonds. The molecule has 0 aromatic heterocycles. The third kappa shape index (κ3) is 4.18. The van der Waals surface area contributed by atoms with Gasteiger partial charge in [-0.2, -0.15) is 0 Å². The predicted molar refractivity (Wildman–Crippen MR) is 78.4 cm³/mol. The van der Waals surface area contributed by atoms with Crippen LogP contribution in [0.15, 0.2) is 24.3 Å². The van der Waals surface area contributed by atoms with Gasteiger partial charge in [-0.15, -0.1) is 11.6 Å². The molecule has 18 heavy (non-hydrogen) atoms. The van der Waals surface area contributed by atoms with E-state index in [2.05, 4.69) is 31.3 Å². The molecule has 0 radical (unpaired) electrons. The van der Waals surface area contributed by atoms with Gasteiger partial charge in [0, 0.05) is 19.0 Å². The van der Waals surface area contributed by atoms with Gasteiger partial charge in [-0.25, -0.2) is 0 Å². The van der Waals surface area contributed by atoms with Crippen LogP contribution in [0, 0.1) is 5.41 Å². The number of hydrogen-bond donors (Lipinski definition) is 1. The lowest BCUT2D eigenvalue weighted by Gasteiger charge is -2.29. The van der Waals surface area contributed by atoms with E-state index < -0.39 is 0 Å². The largest absolute Gasteiger partial charge is 0.497 e. The highest BCUT2D eigenvalue weighted by atomic mass is 35.5. The molecule has 1 aromatic carbocycles. The van der Waals surface area contributed by atoms with Crippen molar-refractivity contribution in [3.63, 3.8) is 0 Å². The minimum absolute atomic E-state index is 0.230. The van der Waals surface area contributed by atoms with Gasteiger partial charge in [0.05, 0.1) is 7.11 Å². The number of alkyl halides is 1. The topological polar surface area (TPSA) is 21.3 Å². The lowest BCUT2D eigenvalue weighted by Crippen LogP contribution is -2.34. The summed E-state index contributed by atoms with van der Waals surface area (Å²) in [6, 6.07) is 8.16. The molecule has 102 valence electrons. The van der Waals surface area contributed by atoms with E-state index in [4.69, 9.17) is 16.3 Å². The van der Waals surface area contributed by atoms with Crippen LogP contribution in [-0.4, -0.2) is 19.5 Å². The molecule has 0 fully saturated rings. The second kappa shape index (κ2) is 7.65. The fourth-order valence-electron chi connectivity index (χ4n) is 1.95. The quantitative estimate of drug-likeness (QED) is 0.724. The van der Waals surface area contributed by atoms with E-state index in [1.54, 1.807) is 7.11 Å². The first-order valence-corrected chi connectivity index (χ1v) is 7.12. The van der Waals surface area contributed by atoms with Gasteiger partial charge >= 0.3 is 0 Å². The lowest BCUT2D eigenvalue weighted by atomic mass is 9.84. The van der Waals surface area contributed by atoms with Crippen molar-refractivity contribution in [3.8, 4) is 5.75 Å². The summed E-state index contributed by atoms with van der Waals surface area (Å²) in [5.41, 5.74) is 1.50. The van der Waals surface area contributed by atoms with Gasteiger partial charge < -0.3 is 10.1 Å². The zero-order chi connectivity index (χ0) is 13.4. The molecular formula is C15H24ClNO. The molecular weight excluding hydrogens is 246 g/mol. The Bertz CT molecular complexity index is 325. The third-order valence-corrected chi connectivity index (χ3v) is 4.34. The molecule has 1 rings (SSSR count). The van der Waals surface area contributed by atoms with Crippen LogP contribution < -0.4 is 10.1 Å². The summed E-state index contributed by atoms with van der Waals surface area (Å²) in [6.45, 7) is 6.26. The fourth-order valence-corrected chi connectivity index (χ4v) is 2.42. The van der Waals surface area contributed by atoms with E-state index in [1.807, 2.05) is 12.1 Å². The molecule has 2 nitrogen and oxygen atoms in total. The molecule has 0 aliphatic heterocycles. The zero-order valence-corrected chi connectivity index (χ0v) is 12.4. The highest BCUT2D eigenvalue weighted by Gasteiger charge is 2.24. The smallest absolute Gasteiger partial charge is 0.118 e. The van der Waals surface area contributed by atoms with Crippen LogP contribution >= 0.6 is 11.6 Å². The summed E-state index contributed by atoms with van der Waals surface area (Å²) in [6.07, 6.45) is 2.23. The van der Waals surface area contributed by atoms with Gasteiger partial charge in [0.2, 0.25) is 0 Å². The van der Waals surface area contributed by atoms with E-state index >= 15 is 0 Å². The second-order valence-corrected chi connectivity index (χ2v) is 5.06. The van der Waals surface area contributed by atoms with E-state index in [1.165, 1.54) is 5.56 Å². The highest BCUT2D eigenvalue weighted by Crippen LogP contribution is 2.27. The standard InChI is InChI=1S/C15H24ClNO/c1-4-15(5-2,11-16)12-17-10-13-6-8-14(18-3)9-7-13/h6-9,17H,4-5,10-12H2,1-3H3. The summed E-state index contributed by atoms with van der Waals surface area (Å²) in [5, 5.41) is 3.51. The Morgan fingerprint density at radius 3 is 2.22 bits per heavy atom. The molecule has 1 N–H and O–H groups in total. The van der Waals surface area contributed by atoms with Crippen molar-refractivity contribution in [1.82, 2.24) is 5.32 Å². The minimum atomic E-state index is 0.230. The summed E-state index contributed by atoms with van der Waals surface area (Å²) in [4.78, 5) is 0. The monoisotopic (exact) mass is 269 g/mol. The molecule has 0 unspecified atom stereocenters. The summed E-state index contributed by atoms with van der Waals surface area (Å²) in [5.74, 6) is 1.62. The number of ether oxygens (including phenoxy) is 1. The molecule has 0 saturated carbocycles. The number of benzene rings is 1. The molecule has 0 aliphatic rings. The summed E-state index contributed by atoms with van der Waals surface area (Å²) < 4.78 is 5.14. The van der Waals surface area contributed by atoms with Crippen LogP contribution in [-0.2, 0) is 6.54 Å². The van der Waals surface area contributed by atoms with E-state index in [9.17, 15) is 0 Å². The van der Waals surface area contributed by atoms with Crippen LogP contribution in [0.2, 0.25) is 0 Å². The molecule has 0 bridgehead atoms. The Hall–Kier alpha value is -0.730. The maximum Gasteiger partial charge on any atom is 0.118 e. The maximum absolute atomic E-state index is 6.09. The van der Waals surface area contributed by atoms with Crippen LogP contribution in [0.3, 0.4) is 0 Å². The molecule has 0 heterocycles. The van der Waals surface area contributed by atoms with Crippen molar-refractivity contribution in [3.05, 3.63) is 29.8 Å². The Balaban J connectivity index is 2.44. The SMILES string of the molecule is CCC(CC)(CCl)CNCc1ccc(OC)cc1. The van der Waals surface area contributed by atoms with Crippen molar-refractivity contribution < 1.29 is 4.74 Å². The Morgan fingerprint density at radius 1 is 1.17 bits per heavy atom. The van der Waals surface area contributed by atoms with Crippen molar-refractivity contribution in [1.29, 1.82) is 0 Å². The highest BCUT2D eigenvalue weighted by molar-refractivity contribution is 6.18. The van der Waals surface area contributed by atoms with Gasteiger partial charge in [0.25, 0.3) is 0 Å². The molecule has 0 aliphatic carbocycles. The number of hydrogen-bond acceptors (Lipinski definition) is 2. The minimum Gasteiger partial charge on any atom is -0.497 e. The Kier molecular flexibility index (Phi) is 6.51. The zero-order valence-electron chi connectivity index (χ0n) is 11.6. The van der Waals surface area contributed by atoms with Crippen molar-refractivity contribution >= 4 is 11.6 Å². The van der Waals surface area contributed by atoms with E-state index in [0.717, 1.165) is 37.6 Å². The predicted octanol–water partition coefficient (Wildman–Crippen LogP) is 3.83. The van der Waals surface area contributed by atoms with E-state index in [0.29, 0.717) is 0 Å². The second-order valence-electron chi connectivity index (χ2n) is 4.79. The fraction of sp³-hybridized carbons (Fsp3) is 0.600. The molecule has 0 spiro atoms. The number of nitrogens with one attached hydrogen (secondary N) is 1. The van der Waals surface area contributed by atoms with Crippen molar-refractivity contribution in [2.45, 2.75) is 33.2 Å². The molecule has 3 heteroatoms. The molecule has 1 aromatic rings. The Morgan fingerprint density at radius 2 is 1.78 bits per heavy atom. The molecule has 0 atom stereocenters. The number of halogens is 1. The summed E-state index contributed by atoms with van der Waals surface area (Å²) in [7, 11) is 1.69. The first-order valence-electron chi connectivity index (χ1n) is 6.59. The van der Waals surface area contributed by atoms with Crippen LogP contribution in [0.1, 0.15) is 32.3 Å². The van der Waals surface area contributed by atoms with E-state index in [-0.39, 0.29) is 5.41 Å². The molecule has 0 saturated heterocycles. The van der Waals surface area contributed by atoms with Gasteiger partial charge in [-0.3, -0.25) is 0 Å². The average molecular weight is 270 g/mol. The van der Waals surface area contributed by atoms with Crippen LogP contribution in [0.25, 0.3) is 0 Å². The van der Waals surface area contributed by atoms with Crippen LogP contribution in [0.4, 0.5) is 0 Å². The number of rotatable bonds is 8. The normalized spacial score (nSPS) is 11.6. The maximum atomic E-state index is 6.09. The lowest BCUT2D eigenvalue weighted by molar-refractivity contribution is 0.286. The number of methoxy groups -OCH3 is 1. The third-order valence-electron chi connectivity index (χ3n) is 3.77. The van der Waals surface area contributed by atoms with Crippen molar-refractivity contribution in [2.24, 2.45) is 5.41 Å². The average Bonchev–Trinajstić information content (AvgIpc) is 2.45. The first-order chi connectivity index (χ1) is 8.69. The van der Waals surface area contributed by atoms with Gasteiger partial charge in [0.1, 0.15) is 5.75 Å². The first kappa shape index (κ1) is 15.3. The van der Waals surface area contributed by atoms with Crippen LogP contribution in [0.5, 0.6) is 5.75 Å². The van der Waals surface area contributed by atoms with Gasteiger partial charge in [-0.05, 0) is 36.0 Å². The van der Waals surface area contributed by atoms with Gasteiger partial charge in [-0.1, -0.05) is 26.0 Å².